The van der Waals surface area contributed by atoms with Crippen molar-refractivity contribution in [3.63, 3.8) is 0 Å². The summed E-state index contributed by atoms with van der Waals surface area (Å²) in [6.07, 6.45) is 1.38. The van der Waals surface area contributed by atoms with Crippen LogP contribution in [0.5, 0.6) is 0 Å². The molecule has 0 spiro atoms. The van der Waals surface area contributed by atoms with Gasteiger partial charge >= 0.3 is 0 Å². The first-order valence-electron chi connectivity index (χ1n) is 5.75. The molecule has 0 aliphatic rings. The zero-order valence-electron chi connectivity index (χ0n) is 10.6. The number of rotatable bonds is 3. The lowest BCUT2D eigenvalue weighted by atomic mass is 10.2. The van der Waals surface area contributed by atoms with Crippen LogP contribution in [0.25, 0.3) is 10.1 Å². The Kier molecular flexibility index (Phi) is 2.91. The summed E-state index contributed by atoms with van der Waals surface area (Å²) in [7, 11) is -2.11. The standard InChI is InChI=1S/C12H12N4O2S2/c1-16-7-11(12(13)14-16)20(17,18)15-9-2-3-10-8(6-9)4-5-19-10/h2-7,15H,1H3,(H2,13,14). The van der Waals surface area contributed by atoms with Gasteiger partial charge < -0.3 is 5.73 Å². The molecular weight excluding hydrogens is 296 g/mol. The van der Waals surface area contributed by atoms with Crippen molar-refractivity contribution in [2.24, 2.45) is 7.05 Å². The Morgan fingerprint density at radius 2 is 2.15 bits per heavy atom. The van der Waals surface area contributed by atoms with Gasteiger partial charge in [-0.15, -0.1) is 11.3 Å². The first-order valence-corrected chi connectivity index (χ1v) is 8.11. The van der Waals surface area contributed by atoms with Gasteiger partial charge in [-0.3, -0.25) is 9.40 Å². The topological polar surface area (TPSA) is 90.0 Å². The summed E-state index contributed by atoms with van der Waals surface area (Å²) < 4.78 is 29.5. The second kappa shape index (κ2) is 4.50. The number of nitrogen functional groups attached to an aromatic ring is 1. The minimum atomic E-state index is -3.73. The van der Waals surface area contributed by atoms with E-state index < -0.39 is 10.0 Å². The van der Waals surface area contributed by atoms with Crippen molar-refractivity contribution >= 4 is 43.0 Å². The molecule has 2 aromatic heterocycles. The van der Waals surface area contributed by atoms with Crippen LogP contribution in [-0.2, 0) is 17.1 Å². The molecule has 104 valence electrons. The predicted molar refractivity (Wildman–Crippen MR) is 80.3 cm³/mol. The normalized spacial score (nSPS) is 11.8. The quantitative estimate of drug-likeness (QED) is 0.774. The van der Waals surface area contributed by atoms with Crippen LogP contribution in [0.2, 0.25) is 0 Å². The Bertz CT molecular complexity index is 880. The van der Waals surface area contributed by atoms with Crippen molar-refractivity contribution in [2.45, 2.75) is 4.90 Å². The summed E-state index contributed by atoms with van der Waals surface area (Å²) in [4.78, 5) is -0.0228. The van der Waals surface area contributed by atoms with Gasteiger partial charge in [0.1, 0.15) is 4.90 Å². The number of fused-ring (bicyclic) bond motifs is 1. The highest BCUT2D eigenvalue weighted by Crippen LogP contribution is 2.26. The minimum absolute atomic E-state index is 0.0170. The van der Waals surface area contributed by atoms with Gasteiger partial charge in [-0.05, 0) is 35.0 Å². The van der Waals surface area contributed by atoms with Crippen molar-refractivity contribution in [1.29, 1.82) is 0 Å². The molecule has 0 saturated heterocycles. The molecule has 0 fully saturated rings. The van der Waals surface area contributed by atoms with Gasteiger partial charge in [0.05, 0.1) is 0 Å². The molecule has 1 aromatic carbocycles. The van der Waals surface area contributed by atoms with E-state index in [1.165, 1.54) is 10.9 Å². The number of benzene rings is 1. The fourth-order valence-electron chi connectivity index (χ4n) is 1.93. The Balaban J connectivity index is 1.98. The molecule has 2 heterocycles. The lowest BCUT2D eigenvalue weighted by Gasteiger charge is -2.06. The van der Waals surface area contributed by atoms with Gasteiger partial charge in [0.25, 0.3) is 10.0 Å². The molecule has 3 N–H and O–H groups in total. The van der Waals surface area contributed by atoms with Crippen LogP contribution in [-0.4, -0.2) is 18.2 Å². The van der Waals surface area contributed by atoms with Gasteiger partial charge in [-0.2, -0.15) is 5.10 Å². The third kappa shape index (κ3) is 2.23. The smallest absolute Gasteiger partial charge is 0.267 e. The van der Waals surface area contributed by atoms with E-state index in [9.17, 15) is 8.42 Å². The second-order valence-electron chi connectivity index (χ2n) is 4.33. The van der Waals surface area contributed by atoms with Crippen LogP contribution in [0.1, 0.15) is 0 Å². The zero-order valence-corrected chi connectivity index (χ0v) is 12.2. The molecule has 3 aromatic rings. The van der Waals surface area contributed by atoms with E-state index in [4.69, 9.17) is 5.73 Å². The van der Waals surface area contributed by atoms with Crippen molar-refractivity contribution < 1.29 is 8.42 Å². The highest BCUT2D eigenvalue weighted by Gasteiger charge is 2.20. The lowest BCUT2D eigenvalue weighted by molar-refractivity contribution is 0.601. The van der Waals surface area contributed by atoms with E-state index in [-0.39, 0.29) is 10.7 Å². The average Bonchev–Trinajstić information content (AvgIpc) is 2.94. The number of nitrogens with two attached hydrogens (primary N) is 1. The molecule has 0 radical (unpaired) electrons. The van der Waals surface area contributed by atoms with Gasteiger partial charge in [0.15, 0.2) is 5.82 Å². The summed E-state index contributed by atoms with van der Waals surface area (Å²) >= 11 is 1.61. The molecule has 0 saturated carbocycles. The molecule has 0 unspecified atom stereocenters. The van der Waals surface area contributed by atoms with Crippen molar-refractivity contribution in [1.82, 2.24) is 9.78 Å². The second-order valence-corrected chi connectivity index (χ2v) is 6.93. The molecule has 6 nitrogen and oxygen atoms in total. The van der Waals surface area contributed by atoms with E-state index >= 15 is 0 Å². The Morgan fingerprint density at radius 1 is 1.35 bits per heavy atom. The molecular formula is C12H12N4O2S2. The summed E-state index contributed by atoms with van der Waals surface area (Å²) in [6.45, 7) is 0. The molecule has 0 aliphatic carbocycles. The number of aromatic nitrogens is 2. The van der Waals surface area contributed by atoms with Crippen LogP contribution in [0.15, 0.2) is 40.7 Å². The Morgan fingerprint density at radius 3 is 2.85 bits per heavy atom. The van der Waals surface area contributed by atoms with E-state index in [1.54, 1.807) is 30.5 Å². The monoisotopic (exact) mass is 308 g/mol. The van der Waals surface area contributed by atoms with E-state index in [0.29, 0.717) is 5.69 Å². The van der Waals surface area contributed by atoms with Gasteiger partial charge in [0, 0.05) is 23.6 Å². The zero-order chi connectivity index (χ0) is 14.3. The van der Waals surface area contributed by atoms with Crippen LogP contribution in [0, 0.1) is 0 Å². The van der Waals surface area contributed by atoms with Crippen LogP contribution in [0.3, 0.4) is 0 Å². The number of nitrogens with one attached hydrogen (secondary N) is 1. The number of hydrogen-bond acceptors (Lipinski definition) is 5. The van der Waals surface area contributed by atoms with Crippen molar-refractivity contribution in [3.8, 4) is 0 Å². The van der Waals surface area contributed by atoms with Crippen LogP contribution in [0.4, 0.5) is 11.5 Å². The maximum atomic E-state index is 12.3. The maximum Gasteiger partial charge on any atom is 0.267 e. The largest absolute Gasteiger partial charge is 0.381 e. The third-order valence-corrected chi connectivity index (χ3v) is 5.11. The summed E-state index contributed by atoms with van der Waals surface area (Å²) in [6, 6.07) is 7.33. The van der Waals surface area contributed by atoms with Crippen LogP contribution < -0.4 is 10.5 Å². The molecule has 0 atom stereocenters. The fourth-order valence-corrected chi connectivity index (χ4v) is 3.86. The first kappa shape index (κ1) is 12.9. The van der Waals surface area contributed by atoms with Gasteiger partial charge in [0.2, 0.25) is 0 Å². The van der Waals surface area contributed by atoms with Gasteiger partial charge in [-0.1, -0.05) is 0 Å². The number of thiophene rings is 1. The Hall–Kier alpha value is -2.06. The number of sulfonamides is 1. The summed E-state index contributed by atoms with van der Waals surface area (Å²) in [5.41, 5.74) is 6.10. The number of aryl methyl sites for hydroxylation is 1. The van der Waals surface area contributed by atoms with Gasteiger partial charge in [-0.25, -0.2) is 8.42 Å². The molecule has 0 bridgehead atoms. The molecule has 0 aliphatic heterocycles. The van der Waals surface area contributed by atoms with E-state index in [2.05, 4.69) is 9.82 Å². The average molecular weight is 308 g/mol. The number of hydrogen-bond donors (Lipinski definition) is 2. The molecule has 20 heavy (non-hydrogen) atoms. The van der Waals surface area contributed by atoms with Crippen molar-refractivity contribution in [3.05, 3.63) is 35.8 Å². The van der Waals surface area contributed by atoms with E-state index in [1.807, 2.05) is 17.5 Å². The third-order valence-electron chi connectivity index (χ3n) is 2.82. The molecule has 0 amide bonds. The predicted octanol–water partition coefficient (Wildman–Crippen LogP) is 2.02. The first-order chi connectivity index (χ1) is 9.45. The van der Waals surface area contributed by atoms with Crippen LogP contribution >= 0.6 is 11.3 Å². The summed E-state index contributed by atoms with van der Waals surface area (Å²) in [5, 5.41) is 6.79. The number of anilines is 2. The highest BCUT2D eigenvalue weighted by molar-refractivity contribution is 7.92. The maximum absolute atomic E-state index is 12.3. The summed E-state index contributed by atoms with van der Waals surface area (Å²) in [5.74, 6) is -0.0170. The molecule has 8 heteroatoms. The SMILES string of the molecule is Cn1cc(S(=O)(=O)Nc2ccc3sccc3c2)c(N)n1. The highest BCUT2D eigenvalue weighted by atomic mass is 32.2. The lowest BCUT2D eigenvalue weighted by Crippen LogP contribution is -2.13. The molecule has 3 rings (SSSR count). The Labute approximate surface area is 119 Å². The van der Waals surface area contributed by atoms with Crippen molar-refractivity contribution in [2.75, 3.05) is 10.5 Å². The van der Waals surface area contributed by atoms with E-state index in [0.717, 1.165) is 10.1 Å². The number of nitrogens with zero attached hydrogens (tertiary/aromatic N) is 2. The fraction of sp³-hybridized carbons (Fsp3) is 0.0833. The minimum Gasteiger partial charge on any atom is -0.381 e.